The van der Waals surface area contributed by atoms with Gasteiger partial charge in [0.2, 0.25) is 0 Å². The molecule has 2 aliphatic carbocycles. The third-order valence-electron chi connectivity index (χ3n) is 6.62. The SMILES string of the molecule is CCOP(=O)(CC1CCC(C#N)(c2ccc(OC)c(OC3CCCC3)c2)CC1)OCC. The van der Waals surface area contributed by atoms with Crippen molar-refractivity contribution in [2.75, 3.05) is 26.5 Å². The van der Waals surface area contributed by atoms with Gasteiger partial charge in [-0.2, -0.15) is 5.26 Å². The Bertz CT molecular complexity index is 797. The number of rotatable bonds is 10. The van der Waals surface area contributed by atoms with E-state index in [9.17, 15) is 9.83 Å². The summed E-state index contributed by atoms with van der Waals surface area (Å²) >= 11 is 0. The van der Waals surface area contributed by atoms with Crippen molar-refractivity contribution in [2.45, 2.75) is 76.7 Å². The van der Waals surface area contributed by atoms with Crippen molar-refractivity contribution >= 4 is 7.60 Å². The predicted octanol–water partition coefficient (Wildman–Crippen LogP) is 6.23. The van der Waals surface area contributed by atoms with Crippen LogP contribution < -0.4 is 9.47 Å². The number of benzene rings is 1. The van der Waals surface area contributed by atoms with Crippen LogP contribution in [0, 0.1) is 17.2 Å². The highest BCUT2D eigenvalue weighted by Crippen LogP contribution is 2.53. The third-order valence-corrected chi connectivity index (χ3v) is 8.88. The van der Waals surface area contributed by atoms with Crippen LogP contribution in [0.25, 0.3) is 0 Å². The predicted molar refractivity (Wildman–Crippen MR) is 121 cm³/mol. The second-order valence-corrected chi connectivity index (χ2v) is 10.8. The van der Waals surface area contributed by atoms with E-state index >= 15 is 0 Å². The maximum atomic E-state index is 12.9. The van der Waals surface area contributed by atoms with Crippen molar-refractivity contribution in [1.82, 2.24) is 0 Å². The molecule has 0 spiro atoms. The van der Waals surface area contributed by atoms with Crippen LogP contribution >= 0.6 is 7.60 Å². The minimum absolute atomic E-state index is 0.226. The molecule has 3 rings (SSSR count). The van der Waals surface area contributed by atoms with Crippen molar-refractivity contribution < 1.29 is 23.1 Å². The van der Waals surface area contributed by atoms with Gasteiger partial charge in [0.15, 0.2) is 11.5 Å². The Balaban J connectivity index is 1.73. The molecule has 0 amide bonds. The van der Waals surface area contributed by atoms with Gasteiger partial charge in [0, 0.05) is 0 Å². The minimum atomic E-state index is -3.07. The lowest BCUT2D eigenvalue weighted by atomic mass is 9.68. The summed E-state index contributed by atoms with van der Waals surface area (Å²) in [6.45, 7) is 4.42. The van der Waals surface area contributed by atoms with Gasteiger partial charge in [-0.1, -0.05) is 6.07 Å². The van der Waals surface area contributed by atoms with Crippen LogP contribution in [0.2, 0.25) is 0 Å². The van der Waals surface area contributed by atoms with Gasteiger partial charge >= 0.3 is 7.60 Å². The maximum absolute atomic E-state index is 12.9. The molecule has 0 bridgehead atoms. The molecule has 7 heteroatoms. The van der Waals surface area contributed by atoms with E-state index in [0.717, 1.165) is 49.8 Å². The first kappa shape index (κ1) is 24.1. The topological polar surface area (TPSA) is 77.8 Å². The van der Waals surface area contributed by atoms with Gasteiger partial charge in [-0.05, 0) is 88.8 Å². The summed E-state index contributed by atoms with van der Waals surface area (Å²) in [5.41, 5.74) is 0.428. The first-order chi connectivity index (χ1) is 15.0. The summed E-state index contributed by atoms with van der Waals surface area (Å²) in [7, 11) is -1.42. The highest BCUT2D eigenvalue weighted by Gasteiger charge is 2.40. The van der Waals surface area contributed by atoms with Crippen LogP contribution in [-0.4, -0.2) is 32.6 Å². The molecule has 0 saturated heterocycles. The van der Waals surface area contributed by atoms with Crippen LogP contribution in [0.1, 0.15) is 70.8 Å². The van der Waals surface area contributed by atoms with Gasteiger partial charge < -0.3 is 18.5 Å². The summed E-state index contributed by atoms with van der Waals surface area (Å²) in [4.78, 5) is 0. The third kappa shape index (κ3) is 5.83. The number of nitrogens with zero attached hydrogens (tertiary/aromatic N) is 1. The first-order valence-electron chi connectivity index (χ1n) is 11.6. The molecule has 0 heterocycles. The molecule has 0 radical (unpaired) electrons. The van der Waals surface area contributed by atoms with Crippen LogP contribution in [0.4, 0.5) is 0 Å². The summed E-state index contributed by atoms with van der Waals surface area (Å²) in [5.74, 6) is 1.69. The summed E-state index contributed by atoms with van der Waals surface area (Å²) in [6.07, 6.45) is 8.27. The molecule has 2 fully saturated rings. The highest BCUT2D eigenvalue weighted by atomic mass is 31.2. The molecular weight excluding hydrogens is 413 g/mol. The molecule has 1 aromatic rings. The largest absolute Gasteiger partial charge is 0.493 e. The zero-order valence-electron chi connectivity index (χ0n) is 19.1. The van der Waals surface area contributed by atoms with E-state index in [1.807, 2.05) is 32.0 Å². The minimum Gasteiger partial charge on any atom is -0.493 e. The lowest BCUT2D eigenvalue weighted by Crippen LogP contribution is -2.31. The molecule has 0 aromatic heterocycles. The van der Waals surface area contributed by atoms with Crippen LogP contribution in [0.15, 0.2) is 18.2 Å². The van der Waals surface area contributed by atoms with Crippen molar-refractivity contribution in [3.63, 3.8) is 0 Å². The zero-order valence-corrected chi connectivity index (χ0v) is 20.0. The number of hydrogen-bond acceptors (Lipinski definition) is 6. The molecule has 0 unspecified atom stereocenters. The lowest BCUT2D eigenvalue weighted by molar-refractivity contribution is 0.199. The Hall–Kier alpha value is -1.54. The molecule has 0 N–H and O–H groups in total. The van der Waals surface area contributed by atoms with Crippen molar-refractivity contribution in [3.8, 4) is 17.6 Å². The molecule has 2 aliphatic rings. The summed E-state index contributed by atoms with van der Waals surface area (Å²) in [5, 5.41) is 10.2. The van der Waals surface area contributed by atoms with E-state index < -0.39 is 13.0 Å². The number of methoxy groups -OCH3 is 1. The fraction of sp³-hybridized carbons (Fsp3) is 0.708. The Morgan fingerprint density at radius 1 is 1.06 bits per heavy atom. The van der Waals surface area contributed by atoms with E-state index in [0.29, 0.717) is 25.1 Å². The number of ether oxygens (including phenoxy) is 2. The Labute approximate surface area is 186 Å². The molecule has 172 valence electrons. The first-order valence-corrected chi connectivity index (χ1v) is 13.3. The molecular formula is C24H36NO5P. The van der Waals surface area contributed by atoms with Crippen molar-refractivity contribution in [1.29, 1.82) is 5.26 Å². The second kappa shape index (κ2) is 10.9. The van der Waals surface area contributed by atoms with Gasteiger partial charge in [-0.15, -0.1) is 0 Å². The van der Waals surface area contributed by atoms with Gasteiger partial charge in [0.1, 0.15) is 0 Å². The van der Waals surface area contributed by atoms with Gasteiger partial charge in [-0.25, -0.2) is 0 Å². The quantitative estimate of drug-likeness (QED) is 0.394. The molecule has 1 aromatic carbocycles. The average Bonchev–Trinajstić information content (AvgIpc) is 3.28. The fourth-order valence-corrected chi connectivity index (χ4v) is 6.99. The van der Waals surface area contributed by atoms with E-state index in [-0.39, 0.29) is 12.0 Å². The maximum Gasteiger partial charge on any atom is 0.330 e. The normalized spacial score (nSPS) is 24.6. The molecule has 6 nitrogen and oxygen atoms in total. The monoisotopic (exact) mass is 449 g/mol. The van der Waals surface area contributed by atoms with Crippen LogP contribution in [-0.2, 0) is 19.0 Å². The Kier molecular flexibility index (Phi) is 8.44. The van der Waals surface area contributed by atoms with E-state index in [2.05, 4.69) is 6.07 Å². The number of hydrogen-bond donors (Lipinski definition) is 0. The number of nitriles is 1. The lowest BCUT2D eigenvalue weighted by Gasteiger charge is -2.36. The Morgan fingerprint density at radius 3 is 2.26 bits per heavy atom. The average molecular weight is 450 g/mol. The Morgan fingerprint density at radius 2 is 1.71 bits per heavy atom. The molecule has 2 saturated carbocycles. The van der Waals surface area contributed by atoms with E-state index in [1.165, 1.54) is 12.8 Å². The second-order valence-electron chi connectivity index (χ2n) is 8.66. The van der Waals surface area contributed by atoms with E-state index in [4.69, 9.17) is 18.5 Å². The zero-order chi connectivity index (χ0) is 22.3. The highest BCUT2D eigenvalue weighted by molar-refractivity contribution is 7.53. The van der Waals surface area contributed by atoms with Gasteiger partial charge in [-0.3, -0.25) is 4.57 Å². The van der Waals surface area contributed by atoms with Gasteiger partial charge in [0.05, 0.1) is 44.1 Å². The van der Waals surface area contributed by atoms with Crippen molar-refractivity contribution in [2.24, 2.45) is 5.92 Å². The molecule has 0 aliphatic heterocycles. The molecule has 0 atom stereocenters. The van der Waals surface area contributed by atoms with Crippen LogP contribution in [0.3, 0.4) is 0 Å². The smallest absolute Gasteiger partial charge is 0.330 e. The molecule has 31 heavy (non-hydrogen) atoms. The van der Waals surface area contributed by atoms with E-state index in [1.54, 1.807) is 7.11 Å². The van der Waals surface area contributed by atoms with Crippen molar-refractivity contribution in [3.05, 3.63) is 23.8 Å². The standard InChI is InChI=1S/C24H36NO5P/c1-4-28-31(26,29-5-2)17-19-12-14-24(18-25,15-13-19)20-10-11-22(27-3)23(16-20)30-21-8-6-7-9-21/h10-11,16,19,21H,4-9,12-15,17H2,1-3H3. The summed E-state index contributed by atoms with van der Waals surface area (Å²) in [6, 6.07) is 8.52. The fourth-order valence-electron chi connectivity index (χ4n) is 4.92. The summed E-state index contributed by atoms with van der Waals surface area (Å²) < 4.78 is 35.6. The van der Waals surface area contributed by atoms with Crippen LogP contribution in [0.5, 0.6) is 11.5 Å². The van der Waals surface area contributed by atoms with Gasteiger partial charge in [0.25, 0.3) is 0 Å².